The zero-order valence-corrected chi connectivity index (χ0v) is 12.3. The van der Waals surface area contributed by atoms with Gasteiger partial charge in [0.05, 0.1) is 6.10 Å². The molecule has 2 nitrogen and oxygen atoms in total. The van der Waals surface area contributed by atoms with Gasteiger partial charge in [-0.05, 0) is 47.8 Å². The third kappa shape index (κ3) is 2.78. The molecule has 108 valence electrons. The van der Waals surface area contributed by atoms with Crippen LogP contribution in [0.5, 0.6) is 0 Å². The van der Waals surface area contributed by atoms with Gasteiger partial charge in [-0.25, -0.2) is 0 Å². The summed E-state index contributed by atoms with van der Waals surface area (Å²) in [5.74, 6) is 0. The van der Waals surface area contributed by atoms with Crippen molar-refractivity contribution in [1.29, 1.82) is 0 Å². The second kappa shape index (κ2) is 6.25. The Labute approximate surface area is 126 Å². The summed E-state index contributed by atoms with van der Waals surface area (Å²) in [6.45, 7) is 0.955. The van der Waals surface area contributed by atoms with Crippen molar-refractivity contribution in [3.05, 3.63) is 76.9 Å². The summed E-state index contributed by atoms with van der Waals surface area (Å²) in [6, 6.07) is 16.6. The van der Waals surface area contributed by atoms with Crippen LogP contribution in [0, 0.1) is 0 Å². The molecule has 0 saturated heterocycles. The molecule has 0 aromatic heterocycles. The average molecular weight is 279 g/mol. The van der Waals surface area contributed by atoms with Gasteiger partial charge in [0.1, 0.15) is 0 Å². The zero-order chi connectivity index (χ0) is 14.7. The number of aliphatic hydroxyl groups is 1. The lowest BCUT2D eigenvalue weighted by Crippen LogP contribution is -2.06. The van der Waals surface area contributed by atoms with Crippen LogP contribution in [0.25, 0.3) is 5.57 Å². The van der Waals surface area contributed by atoms with Crippen LogP contribution in [0.1, 0.15) is 34.8 Å². The molecule has 1 aliphatic rings. The molecule has 1 aliphatic carbocycles. The van der Waals surface area contributed by atoms with Crippen LogP contribution in [0.2, 0.25) is 0 Å². The van der Waals surface area contributed by atoms with Gasteiger partial charge >= 0.3 is 0 Å². The van der Waals surface area contributed by atoms with Gasteiger partial charge < -0.3 is 10.4 Å². The van der Waals surface area contributed by atoms with Crippen molar-refractivity contribution < 1.29 is 5.11 Å². The molecule has 21 heavy (non-hydrogen) atoms. The Kier molecular flexibility index (Phi) is 4.18. The predicted molar refractivity (Wildman–Crippen MR) is 87.2 cm³/mol. The van der Waals surface area contributed by atoms with Gasteiger partial charge in [0.15, 0.2) is 0 Å². The van der Waals surface area contributed by atoms with E-state index < -0.39 is 6.10 Å². The van der Waals surface area contributed by atoms with E-state index in [1.165, 1.54) is 16.7 Å². The Balaban J connectivity index is 2.16. The monoisotopic (exact) mass is 279 g/mol. The van der Waals surface area contributed by atoms with Crippen molar-refractivity contribution >= 4 is 5.57 Å². The third-order valence-electron chi connectivity index (χ3n) is 4.07. The molecule has 2 aromatic carbocycles. The molecular weight excluding hydrogens is 258 g/mol. The molecule has 2 heteroatoms. The zero-order valence-electron chi connectivity index (χ0n) is 12.3. The van der Waals surface area contributed by atoms with Crippen molar-refractivity contribution in [1.82, 2.24) is 5.32 Å². The lowest BCUT2D eigenvalue weighted by atomic mass is 9.93. The smallest absolute Gasteiger partial charge is 0.0836 e. The van der Waals surface area contributed by atoms with Crippen LogP contribution < -0.4 is 5.32 Å². The molecule has 2 aromatic rings. The molecule has 0 amide bonds. The summed E-state index contributed by atoms with van der Waals surface area (Å²) < 4.78 is 0. The van der Waals surface area contributed by atoms with Gasteiger partial charge in [-0.15, -0.1) is 0 Å². The first-order chi connectivity index (χ1) is 10.3. The molecule has 0 bridgehead atoms. The third-order valence-corrected chi connectivity index (χ3v) is 4.07. The van der Waals surface area contributed by atoms with E-state index in [9.17, 15) is 5.11 Å². The molecular formula is C19H21NO. The normalized spacial score (nSPS) is 19.0. The van der Waals surface area contributed by atoms with Crippen LogP contribution in [0.15, 0.2) is 54.6 Å². The lowest BCUT2D eigenvalue weighted by molar-refractivity contribution is 0.179. The molecule has 0 spiro atoms. The SMILES string of the molecule is CNCC/C=C1/c2ccccc2C[C@@H](O)c2ccccc21. The quantitative estimate of drug-likeness (QED) is 0.845. The second-order valence-corrected chi connectivity index (χ2v) is 5.47. The standard InChI is InChI=1S/C19H21NO/c1-20-12-6-11-16-15-8-3-2-7-14(15)13-19(21)18-10-5-4-9-17(16)18/h2-5,7-11,19-21H,6,12-13H2,1H3/b16-11-/t19-/m1/s1. The number of aliphatic hydroxyl groups excluding tert-OH is 1. The molecule has 0 aliphatic heterocycles. The highest BCUT2D eigenvalue weighted by molar-refractivity contribution is 5.84. The van der Waals surface area contributed by atoms with E-state index in [0.717, 1.165) is 24.1 Å². The minimum atomic E-state index is -0.433. The molecule has 0 heterocycles. The lowest BCUT2D eigenvalue weighted by Gasteiger charge is -2.13. The number of hydrogen-bond acceptors (Lipinski definition) is 2. The maximum Gasteiger partial charge on any atom is 0.0836 e. The van der Waals surface area contributed by atoms with Crippen molar-refractivity contribution in [3.63, 3.8) is 0 Å². The van der Waals surface area contributed by atoms with Crippen LogP contribution in [0.3, 0.4) is 0 Å². The maximum absolute atomic E-state index is 10.5. The Bertz CT molecular complexity index is 660. The van der Waals surface area contributed by atoms with E-state index >= 15 is 0 Å². The second-order valence-electron chi connectivity index (χ2n) is 5.47. The molecule has 2 N–H and O–H groups in total. The van der Waals surface area contributed by atoms with Crippen molar-refractivity contribution in [2.45, 2.75) is 18.9 Å². The molecule has 1 atom stereocenters. The Morgan fingerprint density at radius 2 is 1.81 bits per heavy atom. The summed E-state index contributed by atoms with van der Waals surface area (Å²) in [5, 5.41) is 13.7. The summed E-state index contributed by atoms with van der Waals surface area (Å²) >= 11 is 0. The van der Waals surface area contributed by atoms with Gasteiger partial charge in [0.25, 0.3) is 0 Å². The largest absolute Gasteiger partial charge is 0.388 e. The highest BCUT2D eigenvalue weighted by Gasteiger charge is 2.22. The molecule has 0 radical (unpaired) electrons. The highest BCUT2D eigenvalue weighted by atomic mass is 16.3. The minimum Gasteiger partial charge on any atom is -0.388 e. The van der Waals surface area contributed by atoms with E-state index in [1.807, 2.05) is 31.3 Å². The van der Waals surface area contributed by atoms with Crippen molar-refractivity contribution in [2.24, 2.45) is 0 Å². The fourth-order valence-corrected chi connectivity index (χ4v) is 3.04. The maximum atomic E-state index is 10.5. The number of fused-ring (bicyclic) bond motifs is 2. The first-order valence-corrected chi connectivity index (χ1v) is 7.51. The number of nitrogens with one attached hydrogen (secondary N) is 1. The van der Waals surface area contributed by atoms with Gasteiger partial charge in [-0.3, -0.25) is 0 Å². The number of benzene rings is 2. The van der Waals surface area contributed by atoms with Gasteiger partial charge in [0, 0.05) is 6.42 Å². The summed E-state index contributed by atoms with van der Waals surface area (Å²) in [4.78, 5) is 0. The first kappa shape index (κ1) is 14.1. The molecule has 0 unspecified atom stereocenters. The average Bonchev–Trinajstić information content (AvgIpc) is 2.63. The summed E-state index contributed by atoms with van der Waals surface area (Å²) in [7, 11) is 1.97. The van der Waals surface area contributed by atoms with Gasteiger partial charge in [-0.2, -0.15) is 0 Å². The van der Waals surface area contributed by atoms with Crippen LogP contribution >= 0.6 is 0 Å². The van der Waals surface area contributed by atoms with E-state index in [-0.39, 0.29) is 0 Å². The van der Waals surface area contributed by atoms with E-state index in [0.29, 0.717) is 6.42 Å². The topological polar surface area (TPSA) is 32.3 Å². The molecule has 0 saturated carbocycles. The first-order valence-electron chi connectivity index (χ1n) is 7.51. The van der Waals surface area contributed by atoms with Crippen molar-refractivity contribution in [2.75, 3.05) is 13.6 Å². The Morgan fingerprint density at radius 1 is 1.10 bits per heavy atom. The minimum absolute atomic E-state index is 0.433. The van der Waals surface area contributed by atoms with Crippen LogP contribution in [-0.4, -0.2) is 18.7 Å². The Morgan fingerprint density at radius 3 is 2.62 bits per heavy atom. The molecule has 0 fully saturated rings. The van der Waals surface area contributed by atoms with Crippen LogP contribution in [-0.2, 0) is 6.42 Å². The Hall–Kier alpha value is -1.90. The molecule has 3 rings (SSSR count). The van der Waals surface area contributed by atoms with Crippen molar-refractivity contribution in [3.8, 4) is 0 Å². The number of rotatable bonds is 3. The van der Waals surface area contributed by atoms with Crippen LogP contribution in [0.4, 0.5) is 0 Å². The van der Waals surface area contributed by atoms with E-state index in [4.69, 9.17) is 0 Å². The summed E-state index contributed by atoms with van der Waals surface area (Å²) in [5.41, 5.74) is 5.90. The fraction of sp³-hybridized carbons (Fsp3) is 0.263. The van der Waals surface area contributed by atoms with E-state index in [2.05, 4.69) is 35.7 Å². The predicted octanol–water partition coefficient (Wildman–Crippen LogP) is 3.32. The highest BCUT2D eigenvalue weighted by Crippen LogP contribution is 2.37. The summed E-state index contributed by atoms with van der Waals surface area (Å²) in [6.07, 6.45) is 3.51. The number of hydrogen-bond donors (Lipinski definition) is 2. The fourth-order valence-electron chi connectivity index (χ4n) is 3.04. The van der Waals surface area contributed by atoms with Gasteiger partial charge in [-0.1, -0.05) is 54.6 Å². The van der Waals surface area contributed by atoms with Gasteiger partial charge in [0.2, 0.25) is 0 Å². The van der Waals surface area contributed by atoms with E-state index in [1.54, 1.807) is 0 Å².